The third kappa shape index (κ3) is 5.79. The summed E-state index contributed by atoms with van der Waals surface area (Å²) in [7, 11) is 0. The smallest absolute Gasteiger partial charge is 0.328 e. The quantitative estimate of drug-likeness (QED) is 0.401. The topological polar surface area (TPSA) is 116 Å². The molecule has 8 nitrogen and oxygen atoms in total. The van der Waals surface area contributed by atoms with E-state index >= 15 is 0 Å². The van der Waals surface area contributed by atoms with Crippen LogP contribution in [0.25, 0.3) is 0 Å². The maximum atomic E-state index is 13.1. The Morgan fingerprint density at radius 1 is 1.11 bits per heavy atom. The molecule has 1 aromatic heterocycles. The van der Waals surface area contributed by atoms with Crippen molar-refractivity contribution in [3.63, 3.8) is 0 Å². The molecule has 3 N–H and O–H groups in total. The molecule has 1 aliphatic heterocycles. The van der Waals surface area contributed by atoms with Crippen molar-refractivity contribution in [2.45, 2.75) is 25.9 Å². The number of aryl methyl sites for hydroxylation is 1. The van der Waals surface area contributed by atoms with Gasteiger partial charge in [-0.15, -0.1) is 11.3 Å². The maximum Gasteiger partial charge on any atom is 0.328 e. The minimum atomic E-state index is -1.40. The Morgan fingerprint density at radius 3 is 2.54 bits per heavy atom. The van der Waals surface area contributed by atoms with Crippen LogP contribution < -0.4 is 10.6 Å². The highest BCUT2D eigenvalue weighted by molar-refractivity contribution is 7.12. The summed E-state index contributed by atoms with van der Waals surface area (Å²) in [6.45, 7) is 2.22. The molecule has 2 aromatic carbocycles. The lowest BCUT2D eigenvalue weighted by molar-refractivity contribution is -0.139. The Labute approximate surface area is 227 Å². The highest BCUT2D eigenvalue weighted by Crippen LogP contribution is 2.35. The Balaban J connectivity index is 1.49. The number of nitrogens with zero attached hydrogens (tertiary/aromatic N) is 1. The SMILES string of the molecule is Cc1ccccc1C(=O)N1CCc2c(cc(Cl)c(C(=O)N[C@@H](CNC(=O)c3cccs3)C(=O)O)c2Cl)C1. The van der Waals surface area contributed by atoms with Gasteiger partial charge in [-0.2, -0.15) is 0 Å². The van der Waals surface area contributed by atoms with Crippen molar-refractivity contribution in [1.29, 1.82) is 0 Å². The summed E-state index contributed by atoms with van der Waals surface area (Å²) in [6, 6.07) is 10.8. The lowest BCUT2D eigenvalue weighted by Gasteiger charge is -2.31. The normalized spacial score (nSPS) is 13.4. The molecule has 37 heavy (non-hydrogen) atoms. The molecular formula is C26H23Cl2N3O5S. The van der Waals surface area contributed by atoms with E-state index in [9.17, 15) is 24.3 Å². The van der Waals surface area contributed by atoms with Gasteiger partial charge in [0.05, 0.1) is 20.5 Å². The molecule has 0 aliphatic carbocycles. The number of amides is 3. The first-order valence-corrected chi connectivity index (χ1v) is 13.0. The molecule has 0 bridgehead atoms. The second kappa shape index (κ2) is 11.3. The summed E-state index contributed by atoms with van der Waals surface area (Å²) in [4.78, 5) is 52.1. The van der Waals surface area contributed by atoms with Gasteiger partial charge in [0.1, 0.15) is 6.04 Å². The second-order valence-electron chi connectivity index (χ2n) is 8.53. The van der Waals surface area contributed by atoms with E-state index in [1.54, 1.807) is 34.5 Å². The monoisotopic (exact) mass is 559 g/mol. The van der Waals surface area contributed by atoms with Crippen LogP contribution >= 0.6 is 34.5 Å². The van der Waals surface area contributed by atoms with Gasteiger partial charge >= 0.3 is 5.97 Å². The van der Waals surface area contributed by atoms with Crippen LogP contribution in [0.3, 0.4) is 0 Å². The van der Waals surface area contributed by atoms with E-state index < -0.39 is 23.8 Å². The Kier molecular flexibility index (Phi) is 8.16. The summed E-state index contributed by atoms with van der Waals surface area (Å²) in [5, 5.41) is 16.4. The number of thiophene rings is 1. The van der Waals surface area contributed by atoms with E-state index in [1.807, 2.05) is 25.1 Å². The average molecular weight is 560 g/mol. The van der Waals surface area contributed by atoms with E-state index in [2.05, 4.69) is 10.6 Å². The minimum Gasteiger partial charge on any atom is -0.480 e. The van der Waals surface area contributed by atoms with Crippen molar-refractivity contribution in [2.75, 3.05) is 13.1 Å². The molecule has 3 amide bonds. The third-order valence-electron chi connectivity index (χ3n) is 6.11. The summed E-state index contributed by atoms with van der Waals surface area (Å²) < 4.78 is 0. The van der Waals surface area contributed by atoms with E-state index in [4.69, 9.17) is 23.2 Å². The molecule has 4 rings (SSSR count). The first-order valence-electron chi connectivity index (χ1n) is 11.4. The Morgan fingerprint density at radius 2 is 1.86 bits per heavy atom. The van der Waals surface area contributed by atoms with Crippen LogP contribution in [0.4, 0.5) is 0 Å². The van der Waals surface area contributed by atoms with Crippen molar-refractivity contribution in [1.82, 2.24) is 15.5 Å². The number of fused-ring (bicyclic) bond motifs is 1. The standard InChI is InChI=1S/C26H23Cl2N3O5S/c1-14-5-2-3-6-16(14)25(34)31-9-8-17-15(13-31)11-18(27)21(22(17)28)24(33)30-19(26(35)36)12-29-23(32)20-7-4-10-37-20/h2-7,10-11,19H,8-9,12-13H2,1H3,(H,29,32)(H,30,33)(H,35,36)/t19-/m0/s1. The van der Waals surface area contributed by atoms with Gasteiger partial charge in [-0.3, -0.25) is 14.4 Å². The predicted molar refractivity (Wildman–Crippen MR) is 142 cm³/mol. The van der Waals surface area contributed by atoms with E-state index in [1.165, 1.54) is 11.3 Å². The molecule has 192 valence electrons. The van der Waals surface area contributed by atoms with Gasteiger partial charge in [-0.1, -0.05) is 47.5 Å². The summed E-state index contributed by atoms with van der Waals surface area (Å²) in [6.07, 6.45) is 0.405. The number of carboxylic acid groups (broad SMARTS) is 1. The van der Waals surface area contributed by atoms with Crippen molar-refractivity contribution in [3.8, 4) is 0 Å². The van der Waals surface area contributed by atoms with Gasteiger partial charge in [-0.25, -0.2) is 4.79 Å². The lowest BCUT2D eigenvalue weighted by Crippen LogP contribution is -2.48. The molecule has 0 spiro atoms. The molecule has 0 fully saturated rings. The molecule has 0 unspecified atom stereocenters. The summed E-state index contributed by atoms with van der Waals surface area (Å²) in [5.74, 6) is -2.64. The number of hydrogen-bond donors (Lipinski definition) is 3. The molecule has 0 radical (unpaired) electrons. The molecule has 3 aromatic rings. The zero-order valence-electron chi connectivity index (χ0n) is 19.7. The lowest BCUT2D eigenvalue weighted by atomic mass is 9.95. The second-order valence-corrected chi connectivity index (χ2v) is 10.3. The maximum absolute atomic E-state index is 13.1. The summed E-state index contributed by atoms with van der Waals surface area (Å²) in [5.41, 5.74) is 2.85. The first-order chi connectivity index (χ1) is 17.7. The number of benzene rings is 2. The van der Waals surface area contributed by atoms with Crippen molar-refractivity contribution >= 4 is 58.2 Å². The van der Waals surface area contributed by atoms with Crippen molar-refractivity contribution in [2.24, 2.45) is 0 Å². The zero-order chi connectivity index (χ0) is 26.7. The van der Waals surface area contributed by atoms with Crippen LogP contribution in [0.5, 0.6) is 0 Å². The largest absolute Gasteiger partial charge is 0.480 e. The third-order valence-corrected chi connectivity index (χ3v) is 7.69. The van der Waals surface area contributed by atoms with E-state index in [-0.39, 0.29) is 34.6 Å². The van der Waals surface area contributed by atoms with Crippen LogP contribution in [0.1, 0.15) is 47.1 Å². The van der Waals surface area contributed by atoms with Crippen molar-refractivity contribution < 1.29 is 24.3 Å². The van der Waals surface area contributed by atoms with Crippen LogP contribution in [0.2, 0.25) is 10.0 Å². The molecule has 2 heterocycles. The number of carbonyl (C=O) groups is 4. The number of aliphatic carboxylic acids is 1. The molecule has 1 aliphatic rings. The molecule has 1 atom stereocenters. The van der Waals surface area contributed by atoms with Crippen molar-refractivity contribution in [3.05, 3.63) is 90.6 Å². The van der Waals surface area contributed by atoms with Gasteiger partial charge in [-0.05, 0) is 53.6 Å². The zero-order valence-corrected chi connectivity index (χ0v) is 22.0. The van der Waals surface area contributed by atoms with Gasteiger partial charge in [0.15, 0.2) is 0 Å². The summed E-state index contributed by atoms with van der Waals surface area (Å²) >= 11 is 14.2. The Hall–Kier alpha value is -3.40. The fourth-order valence-electron chi connectivity index (χ4n) is 4.14. The van der Waals surface area contributed by atoms with E-state index in [0.717, 1.165) is 11.1 Å². The number of nitrogens with one attached hydrogen (secondary N) is 2. The van der Waals surface area contributed by atoms with E-state index in [0.29, 0.717) is 29.0 Å². The first kappa shape index (κ1) is 26.7. The number of carboxylic acids is 1. The Bertz CT molecular complexity index is 1380. The van der Waals surface area contributed by atoms with Gasteiger partial charge in [0, 0.05) is 25.2 Å². The number of halogens is 2. The molecular weight excluding hydrogens is 537 g/mol. The predicted octanol–water partition coefficient (Wildman–Crippen LogP) is 4.17. The van der Waals surface area contributed by atoms with Gasteiger partial charge in [0.25, 0.3) is 17.7 Å². The highest BCUT2D eigenvalue weighted by atomic mass is 35.5. The number of rotatable bonds is 7. The molecule has 0 saturated heterocycles. The van der Waals surface area contributed by atoms with Gasteiger partial charge in [0.2, 0.25) is 0 Å². The van der Waals surface area contributed by atoms with Crippen LogP contribution in [-0.2, 0) is 17.8 Å². The van der Waals surface area contributed by atoms with Crippen LogP contribution in [0, 0.1) is 6.92 Å². The number of hydrogen-bond acceptors (Lipinski definition) is 5. The fraction of sp³-hybridized carbons (Fsp3) is 0.231. The van der Waals surface area contributed by atoms with Crippen LogP contribution in [0.15, 0.2) is 47.8 Å². The average Bonchev–Trinajstić information content (AvgIpc) is 3.41. The molecule has 11 heteroatoms. The molecule has 0 saturated carbocycles. The van der Waals surface area contributed by atoms with Crippen LogP contribution in [-0.4, -0.2) is 52.8 Å². The fourth-order valence-corrected chi connectivity index (χ4v) is 5.54. The highest BCUT2D eigenvalue weighted by Gasteiger charge is 2.30. The number of carbonyl (C=O) groups excluding carboxylic acids is 3. The minimum absolute atomic E-state index is 0.0400. The van der Waals surface area contributed by atoms with Gasteiger partial charge < -0.3 is 20.6 Å².